The summed E-state index contributed by atoms with van der Waals surface area (Å²) in [5.41, 5.74) is 4.65. The number of aromatic nitrogens is 4. The van der Waals surface area contributed by atoms with Crippen LogP contribution in [0.3, 0.4) is 0 Å². The van der Waals surface area contributed by atoms with Crippen molar-refractivity contribution in [1.29, 1.82) is 0 Å². The molecule has 0 saturated carbocycles. The Balaban J connectivity index is 1.64. The summed E-state index contributed by atoms with van der Waals surface area (Å²) in [6.45, 7) is 0. The number of benzene rings is 3. The molecule has 0 atom stereocenters. The molecule has 0 aliphatic rings. The number of hydrogen-bond acceptors (Lipinski definition) is 4. The lowest BCUT2D eigenvalue weighted by Gasteiger charge is -2.10. The van der Waals surface area contributed by atoms with Crippen LogP contribution < -0.4 is 0 Å². The molecule has 5 rings (SSSR count). The van der Waals surface area contributed by atoms with E-state index < -0.39 is 0 Å². The fourth-order valence-electron chi connectivity index (χ4n) is 3.36. The summed E-state index contributed by atoms with van der Waals surface area (Å²) in [4.78, 5) is 18.3. The van der Waals surface area contributed by atoms with Crippen molar-refractivity contribution in [2.24, 2.45) is 0 Å². The minimum atomic E-state index is 0.580. The maximum Gasteiger partial charge on any atom is 0.164 e. The largest absolute Gasteiger partial charge is 0.265 e. The third-order valence-corrected chi connectivity index (χ3v) is 5.23. The molecule has 31 heavy (non-hydrogen) atoms. The van der Waals surface area contributed by atoms with E-state index in [-0.39, 0.29) is 0 Å². The zero-order valence-corrected chi connectivity index (χ0v) is 17.2. The summed E-state index contributed by atoms with van der Waals surface area (Å²) in [5.74, 6) is 1.83. The molecule has 0 N–H and O–H groups in total. The van der Waals surface area contributed by atoms with Gasteiger partial charge in [-0.2, -0.15) is 0 Å². The minimum Gasteiger partial charge on any atom is -0.265 e. The second-order valence-corrected chi connectivity index (χ2v) is 7.38. The number of hydrogen-bond donors (Lipinski definition) is 0. The highest BCUT2D eigenvalue weighted by molar-refractivity contribution is 6.33. The quantitative estimate of drug-likeness (QED) is 0.329. The summed E-state index contributed by atoms with van der Waals surface area (Å²) < 4.78 is 0. The number of halogens is 1. The fourth-order valence-corrected chi connectivity index (χ4v) is 3.65. The van der Waals surface area contributed by atoms with Crippen molar-refractivity contribution in [3.8, 4) is 45.3 Å². The zero-order chi connectivity index (χ0) is 21.0. The van der Waals surface area contributed by atoms with Crippen LogP contribution in [-0.4, -0.2) is 19.9 Å². The van der Waals surface area contributed by atoms with E-state index in [4.69, 9.17) is 26.6 Å². The summed E-state index contributed by atoms with van der Waals surface area (Å²) >= 11 is 6.64. The minimum absolute atomic E-state index is 0.580. The lowest BCUT2D eigenvalue weighted by atomic mass is 10.0. The van der Waals surface area contributed by atoms with Crippen molar-refractivity contribution < 1.29 is 0 Å². The maximum absolute atomic E-state index is 6.64. The molecule has 4 nitrogen and oxygen atoms in total. The third-order valence-electron chi connectivity index (χ3n) is 4.92. The van der Waals surface area contributed by atoms with Crippen LogP contribution in [0.5, 0.6) is 0 Å². The highest BCUT2D eigenvalue weighted by atomic mass is 35.5. The monoisotopic (exact) mass is 420 g/mol. The van der Waals surface area contributed by atoms with E-state index in [1.165, 1.54) is 0 Å². The third kappa shape index (κ3) is 4.06. The first-order chi connectivity index (χ1) is 15.3. The van der Waals surface area contributed by atoms with E-state index in [0.29, 0.717) is 22.5 Å². The van der Waals surface area contributed by atoms with Crippen molar-refractivity contribution in [3.05, 3.63) is 108 Å². The summed E-state index contributed by atoms with van der Waals surface area (Å²) in [6.07, 6.45) is 3.51. The van der Waals surface area contributed by atoms with Crippen LogP contribution in [0.25, 0.3) is 45.3 Å². The van der Waals surface area contributed by atoms with Gasteiger partial charge in [0.1, 0.15) is 0 Å². The van der Waals surface area contributed by atoms with E-state index in [2.05, 4.69) is 4.98 Å². The van der Waals surface area contributed by atoms with Gasteiger partial charge in [0.15, 0.2) is 17.5 Å². The van der Waals surface area contributed by atoms with Gasteiger partial charge in [-0.15, -0.1) is 0 Å². The standard InChI is InChI=1S/C26H17ClN4/c27-23-17-21(11-12-22(23)18-13-15-28-16-14-18)26-30-24(19-7-3-1-4-8-19)29-25(31-26)20-9-5-2-6-10-20/h1-17H. The SMILES string of the molecule is Clc1cc(-c2nc(-c3ccccc3)nc(-c3ccccc3)n2)ccc1-c1ccncc1. The highest BCUT2D eigenvalue weighted by Crippen LogP contribution is 2.32. The Morgan fingerprint density at radius 2 is 1.00 bits per heavy atom. The van der Waals surface area contributed by atoms with E-state index in [1.807, 2.05) is 91.0 Å². The molecule has 2 heterocycles. The Kier molecular flexibility index (Phi) is 5.21. The first-order valence-electron chi connectivity index (χ1n) is 9.85. The molecular weight excluding hydrogens is 404 g/mol. The molecule has 5 heteroatoms. The van der Waals surface area contributed by atoms with Crippen LogP contribution in [0.15, 0.2) is 103 Å². The molecule has 0 bridgehead atoms. The molecule has 5 aromatic rings. The summed E-state index contributed by atoms with van der Waals surface area (Å²) in [5, 5.41) is 0.631. The van der Waals surface area contributed by atoms with Gasteiger partial charge in [-0.3, -0.25) is 4.98 Å². The molecule has 0 saturated heterocycles. The predicted octanol–water partition coefficient (Wildman–Crippen LogP) is 6.59. The van der Waals surface area contributed by atoms with Crippen LogP contribution >= 0.6 is 11.6 Å². The molecule has 0 radical (unpaired) electrons. The topological polar surface area (TPSA) is 51.6 Å². The van der Waals surface area contributed by atoms with Gasteiger partial charge in [0.2, 0.25) is 0 Å². The first-order valence-corrected chi connectivity index (χ1v) is 10.2. The van der Waals surface area contributed by atoms with Crippen molar-refractivity contribution >= 4 is 11.6 Å². The Hall–Kier alpha value is -3.89. The lowest BCUT2D eigenvalue weighted by molar-refractivity contribution is 1.07. The van der Waals surface area contributed by atoms with Crippen LogP contribution in [0.2, 0.25) is 5.02 Å². The van der Waals surface area contributed by atoms with Gasteiger partial charge in [0.25, 0.3) is 0 Å². The van der Waals surface area contributed by atoms with Crippen LogP contribution in [0, 0.1) is 0 Å². The second-order valence-electron chi connectivity index (χ2n) is 6.97. The van der Waals surface area contributed by atoms with Gasteiger partial charge in [0.05, 0.1) is 0 Å². The van der Waals surface area contributed by atoms with Crippen molar-refractivity contribution in [1.82, 2.24) is 19.9 Å². The first kappa shape index (κ1) is 19.1. The van der Waals surface area contributed by atoms with E-state index in [1.54, 1.807) is 12.4 Å². The normalized spacial score (nSPS) is 10.7. The molecule has 2 aromatic heterocycles. The average Bonchev–Trinajstić information content (AvgIpc) is 2.85. The average molecular weight is 421 g/mol. The Bertz CT molecular complexity index is 1270. The van der Waals surface area contributed by atoms with E-state index in [0.717, 1.165) is 27.8 Å². The van der Waals surface area contributed by atoms with E-state index >= 15 is 0 Å². The smallest absolute Gasteiger partial charge is 0.164 e. The fraction of sp³-hybridized carbons (Fsp3) is 0. The molecule has 0 amide bonds. The summed E-state index contributed by atoms with van der Waals surface area (Å²) in [7, 11) is 0. The number of nitrogens with zero attached hydrogens (tertiary/aromatic N) is 4. The van der Waals surface area contributed by atoms with Crippen molar-refractivity contribution in [3.63, 3.8) is 0 Å². The Labute approximate surface area is 185 Å². The van der Waals surface area contributed by atoms with Crippen LogP contribution in [0.1, 0.15) is 0 Å². The molecule has 0 aliphatic heterocycles. The summed E-state index contributed by atoms with van der Waals surface area (Å²) in [6, 6.07) is 29.6. The highest BCUT2D eigenvalue weighted by Gasteiger charge is 2.13. The van der Waals surface area contributed by atoms with Crippen LogP contribution in [0.4, 0.5) is 0 Å². The Morgan fingerprint density at radius 1 is 0.484 bits per heavy atom. The predicted molar refractivity (Wildman–Crippen MR) is 124 cm³/mol. The molecule has 148 valence electrons. The van der Waals surface area contributed by atoms with E-state index in [9.17, 15) is 0 Å². The molecular formula is C26H17ClN4. The molecule has 0 aliphatic carbocycles. The van der Waals surface area contributed by atoms with Gasteiger partial charge in [-0.05, 0) is 23.8 Å². The second kappa shape index (κ2) is 8.46. The Morgan fingerprint density at radius 3 is 1.52 bits per heavy atom. The molecule has 0 unspecified atom stereocenters. The zero-order valence-electron chi connectivity index (χ0n) is 16.5. The number of rotatable bonds is 4. The van der Waals surface area contributed by atoms with Gasteiger partial charge in [-0.1, -0.05) is 84.4 Å². The van der Waals surface area contributed by atoms with Crippen molar-refractivity contribution in [2.45, 2.75) is 0 Å². The maximum atomic E-state index is 6.64. The molecule has 3 aromatic carbocycles. The van der Waals surface area contributed by atoms with Gasteiger partial charge < -0.3 is 0 Å². The lowest BCUT2D eigenvalue weighted by Crippen LogP contribution is -2.00. The van der Waals surface area contributed by atoms with Gasteiger partial charge in [-0.25, -0.2) is 15.0 Å². The number of pyridine rings is 1. The van der Waals surface area contributed by atoms with Gasteiger partial charge >= 0.3 is 0 Å². The molecule has 0 fully saturated rings. The van der Waals surface area contributed by atoms with Gasteiger partial charge in [0, 0.05) is 39.7 Å². The van der Waals surface area contributed by atoms with Crippen molar-refractivity contribution in [2.75, 3.05) is 0 Å². The molecule has 0 spiro atoms. The van der Waals surface area contributed by atoms with Crippen LogP contribution in [-0.2, 0) is 0 Å².